The Morgan fingerprint density at radius 3 is 1.99 bits per heavy atom. The Morgan fingerprint density at radius 1 is 0.667 bits per heavy atom. The van der Waals surface area contributed by atoms with Gasteiger partial charge in [-0.15, -0.1) is 0 Å². The molecule has 3 aromatic carbocycles. The standard InChI is InChI=1S/C56H68N12O19/c1-28(2)19-40(61-45(70)21-30-22-49(76)87-44-24-33(69)13-14-35(30)44)54(80)64-39(16-17-47(72)73)53(79)66-50(29(3)4)56(82)65-42(25-48(74)75)52(78)60-27-46(71)62-41(20-31-26-59-36-10-6-5-9-34(31)36)55(81)63-38(51(57)77)11-7-8-18-58-37-15-12-32(67(83)84)23-43(37)68(85)86/h5-6,9-10,12-15,22-24,26,28-29,38-42,50,58-59,69H,7-8,11,16-21,25,27H2,1-4H3,(H2,57,77)(H,60,78)(H,61,70)(H,62,71)(H,63,81)(H,64,80)(H,65,82)(H,66,79)(H,72,73)(H,74,75). The van der Waals surface area contributed by atoms with E-state index in [1.54, 1.807) is 44.3 Å². The number of H-pyrrole nitrogens is 1. The lowest BCUT2D eigenvalue weighted by Gasteiger charge is -2.28. The summed E-state index contributed by atoms with van der Waals surface area (Å²) in [7, 11) is 0. The Morgan fingerprint density at radius 2 is 1.33 bits per heavy atom. The molecule has 2 heterocycles. The predicted molar refractivity (Wildman–Crippen MR) is 309 cm³/mol. The number of phenols is 1. The maximum atomic E-state index is 14.0. The van der Waals surface area contributed by atoms with Crippen LogP contribution in [0.5, 0.6) is 5.75 Å². The Balaban J connectivity index is 1.24. The van der Waals surface area contributed by atoms with Gasteiger partial charge in [0, 0.05) is 60.1 Å². The monoisotopic (exact) mass is 1210 g/mol. The number of carboxylic acids is 2. The molecule has 0 aliphatic carbocycles. The first kappa shape index (κ1) is 67.3. The number of nitrogens with one attached hydrogen (secondary N) is 9. The number of nitro benzene ring substituents is 2. The van der Waals surface area contributed by atoms with Gasteiger partial charge in [0.1, 0.15) is 53.3 Å². The number of aromatic nitrogens is 1. The van der Waals surface area contributed by atoms with Crippen molar-refractivity contribution in [2.45, 2.75) is 122 Å². The average Bonchev–Trinajstić information content (AvgIpc) is 3.31. The largest absolute Gasteiger partial charge is 0.508 e. The number of non-ortho nitro benzene ring substituents is 1. The van der Waals surface area contributed by atoms with Gasteiger partial charge >= 0.3 is 17.6 Å². The number of hydrogen-bond acceptors (Lipinski definition) is 18. The summed E-state index contributed by atoms with van der Waals surface area (Å²) in [5.41, 5.74) is 5.26. The van der Waals surface area contributed by atoms with Crippen molar-refractivity contribution in [1.29, 1.82) is 0 Å². The zero-order chi connectivity index (χ0) is 64.2. The number of carboxylic acid groups (broad SMARTS) is 2. The van der Waals surface area contributed by atoms with E-state index in [0.29, 0.717) is 21.9 Å². The number of carbonyl (C=O) groups is 10. The highest BCUT2D eigenvalue weighted by molar-refractivity contribution is 5.98. The number of nitrogens with two attached hydrogens (primary N) is 1. The third kappa shape index (κ3) is 20.4. The van der Waals surface area contributed by atoms with E-state index >= 15 is 0 Å². The molecule has 14 N–H and O–H groups in total. The number of aliphatic carboxylic acids is 2. The van der Waals surface area contributed by atoms with Crippen LogP contribution in [-0.2, 0) is 60.8 Å². The Labute approximate surface area is 494 Å². The van der Waals surface area contributed by atoms with Gasteiger partial charge in [-0.25, -0.2) is 4.79 Å². The van der Waals surface area contributed by atoms with E-state index in [-0.39, 0.29) is 67.2 Å². The van der Waals surface area contributed by atoms with Crippen LogP contribution >= 0.6 is 0 Å². The van der Waals surface area contributed by atoms with Crippen LogP contribution in [0.3, 0.4) is 0 Å². The molecule has 0 aliphatic rings. The molecule has 8 amide bonds. The highest BCUT2D eigenvalue weighted by atomic mass is 16.6. The molecule has 2 aromatic heterocycles. The summed E-state index contributed by atoms with van der Waals surface area (Å²) < 4.78 is 5.13. The minimum absolute atomic E-state index is 0.000751. The SMILES string of the molecule is CC(C)CC(NC(=O)Cc1cc(=O)oc2cc(O)ccc12)C(=O)NC(CCC(=O)O)C(=O)NC(C(=O)NC(CC(=O)O)C(=O)NCC(=O)NC(Cc1c[nH]c2ccccc12)C(=O)NC(CCCCNc1ccc([N+](=O)[O-])cc1[N+](=O)[O-])C(N)=O)C(C)C. The summed E-state index contributed by atoms with van der Waals surface area (Å²) in [5, 5.41) is 72.7. The fourth-order valence-electron chi connectivity index (χ4n) is 9.18. The molecule has 5 rings (SSSR count). The number of phenolic OH excluding ortho intramolecular Hbond substituents is 1. The first-order chi connectivity index (χ1) is 41.1. The van der Waals surface area contributed by atoms with Crippen LogP contribution in [0.25, 0.3) is 21.9 Å². The molecule has 0 fully saturated rings. The summed E-state index contributed by atoms with van der Waals surface area (Å²) in [5.74, 6) is -12.1. The van der Waals surface area contributed by atoms with Gasteiger partial charge in [-0.3, -0.25) is 68.2 Å². The Hall–Kier alpha value is -10.5. The maximum absolute atomic E-state index is 14.0. The second kappa shape index (κ2) is 31.4. The fourth-order valence-corrected chi connectivity index (χ4v) is 9.18. The van der Waals surface area contributed by atoms with Gasteiger partial charge in [-0.1, -0.05) is 45.9 Å². The number of nitrogens with zero attached hydrogens (tertiary/aromatic N) is 2. The number of rotatable bonds is 34. The number of benzene rings is 3. The molecule has 466 valence electrons. The Kier molecular flexibility index (Phi) is 24.3. The van der Waals surface area contributed by atoms with Gasteiger partial charge in [0.05, 0.1) is 35.3 Å². The molecule has 0 aliphatic heterocycles. The van der Waals surface area contributed by atoms with Gasteiger partial charge in [0.15, 0.2) is 0 Å². The number of primary amides is 1. The van der Waals surface area contributed by atoms with Gasteiger partial charge in [-0.05, 0) is 79.3 Å². The molecule has 6 unspecified atom stereocenters. The van der Waals surface area contributed by atoms with Crippen LogP contribution in [0.1, 0.15) is 83.8 Å². The third-order valence-corrected chi connectivity index (χ3v) is 13.5. The number of amides is 8. The zero-order valence-electron chi connectivity index (χ0n) is 47.7. The van der Waals surface area contributed by atoms with Crippen molar-refractivity contribution >= 4 is 98.1 Å². The quantitative estimate of drug-likeness (QED) is 0.0120. The number of hydrogen-bond donors (Lipinski definition) is 13. The summed E-state index contributed by atoms with van der Waals surface area (Å²) in [6, 6.07) is 5.88. The number of aromatic hydroxyl groups is 1. The molecule has 0 saturated heterocycles. The molecule has 0 radical (unpaired) electrons. The number of anilines is 1. The lowest BCUT2D eigenvalue weighted by atomic mass is 10.00. The van der Waals surface area contributed by atoms with E-state index < -0.39 is 160 Å². The highest BCUT2D eigenvalue weighted by Crippen LogP contribution is 2.29. The van der Waals surface area contributed by atoms with Crippen molar-refractivity contribution in [3.63, 3.8) is 0 Å². The van der Waals surface area contributed by atoms with Crippen LogP contribution in [0.15, 0.2) is 82.1 Å². The van der Waals surface area contributed by atoms with Crippen LogP contribution in [0, 0.1) is 32.1 Å². The first-order valence-corrected chi connectivity index (χ1v) is 27.4. The lowest BCUT2D eigenvalue weighted by molar-refractivity contribution is -0.393. The fraction of sp³-hybridized carbons (Fsp3) is 0.411. The molecule has 0 spiro atoms. The van der Waals surface area contributed by atoms with E-state index in [0.717, 1.165) is 18.2 Å². The van der Waals surface area contributed by atoms with Crippen LogP contribution in [0.4, 0.5) is 17.1 Å². The summed E-state index contributed by atoms with van der Waals surface area (Å²) in [4.78, 5) is 169. The second-order valence-corrected chi connectivity index (χ2v) is 21.1. The zero-order valence-corrected chi connectivity index (χ0v) is 47.7. The summed E-state index contributed by atoms with van der Waals surface area (Å²) in [6.45, 7) is 5.62. The van der Waals surface area contributed by atoms with Gasteiger partial charge in [0.2, 0.25) is 47.3 Å². The molecule has 6 atom stereocenters. The van der Waals surface area contributed by atoms with Crippen LogP contribution < -0.4 is 53.9 Å². The number of para-hydroxylation sites is 1. The van der Waals surface area contributed by atoms with E-state index in [1.807, 2.05) is 0 Å². The van der Waals surface area contributed by atoms with Gasteiger partial charge < -0.3 is 73.0 Å². The van der Waals surface area contributed by atoms with Crippen molar-refractivity contribution in [3.05, 3.63) is 115 Å². The molecular weight excluding hydrogens is 1140 g/mol. The normalized spacial score (nSPS) is 13.2. The van der Waals surface area contributed by atoms with E-state index in [2.05, 4.69) is 47.5 Å². The first-order valence-electron chi connectivity index (χ1n) is 27.4. The number of aromatic amines is 1. The molecule has 0 bridgehead atoms. The minimum atomic E-state index is -1.90. The van der Waals surface area contributed by atoms with Crippen molar-refractivity contribution < 1.29 is 77.5 Å². The van der Waals surface area contributed by atoms with Crippen LogP contribution in [-0.4, -0.2) is 139 Å². The molecule has 87 heavy (non-hydrogen) atoms. The number of unbranched alkanes of at least 4 members (excludes halogenated alkanes) is 1. The molecule has 0 saturated carbocycles. The predicted octanol–water partition coefficient (Wildman–Crippen LogP) is 1.42. The molecule has 31 nitrogen and oxygen atoms in total. The van der Waals surface area contributed by atoms with Crippen LogP contribution in [0.2, 0.25) is 0 Å². The minimum Gasteiger partial charge on any atom is -0.508 e. The molecule has 31 heteroatoms. The van der Waals surface area contributed by atoms with Gasteiger partial charge in [0.25, 0.3) is 11.4 Å². The molecular formula is C56H68N12O19. The smallest absolute Gasteiger partial charge is 0.336 e. The number of nitro groups is 2. The van der Waals surface area contributed by atoms with Crippen molar-refractivity contribution in [2.75, 3.05) is 18.4 Å². The summed E-state index contributed by atoms with van der Waals surface area (Å²) in [6.07, 6.45) is -0.801. The van der Waals surface area contributed by atoms with Crippen molar-refractivity contribution in [1.82, 2.24) is 42.2 Å². The highest BCUT2D eigenvalue weighted by Gasteiger charge is 2.35. The van der Waals surface area contributed by atoms with E-state index in [1.165, 1.54) is 38.1 Å². The van der Waals surface area contributed by atoms with E-state index in [9.17, 15) is 88.3 Å². The molecule has 5 aromatic rings. The van der Waals surface area contributed by atoms with E-state index in [4.69, 9.17) is 10.2 Å². The lowest BCUT2D eigenvalue weighted by Crippen LogP contribution is -2.60. The third-order valence-electron chi connectivity index (χ3n) is 13.5. The number of fused-ring (bicyclic) bond motifs is 2. The second-order valence-electron chi connectivity index (χ2n) is 21.1. The Bertz CT molecular complexity index is 3470. The maximum Gasteiger partial charge on any atom is 0.336 e. The van der Waals surface area contributed by atoms with Crippen molar-refractivity contribution in [3.8, 4) is 5.75 Å². The summed E-state index contributed by atoms with van der Waals surface area (Å²) >= 11 is 0. The number of carbonyl (C=O) groups excluding carboxylic acids is 8. The van der Waals surface area contributed by atoms with Crippen molar-refractivity contribution in [2.24, 2.45) is 17.6 Å². The van der Waals surface area contributed by atoms with Gasteiger partial charge in [-0.2, -0.15) is 0 Å². The topological polar surface area (TPSA) is 486 Å². The average molecular weight is 1210 g/mol.